The van der Waals surface area contributed by atoms with Crippen LogP contribution in [0, 0.1) is 0 Å². The van der Waals surface area contributed by atoms with Gasteiger partial charge in [-0.2, -0.15) is 0 Å². The quantitative estimate of drug-likeness (QED) is 0.383. The molecule has 1 aliphatic rings. The van der Waals surface area contributed by atoms with E-state index in [1.54, 1.807) is 24.7 Å². The van der Waals surface area contributed by atoms with Crippen molar-refractivity contribution in [1.82, 2.24) is 4.98 Å². The Bertz CT molecular complexity index is 1300. The first kappa shape index (κ1) is 20.7. The number of nitrogens with one attached hydrogen (secondary N) is 1. The average Bonchev–Trinajstić information content (AvgIpc) is 3.55. The van der Waals surface area contributed by atoms with Crippen molar-refractivity contribution >= 4 is 17.5 Å². The standard InChI is InChI=1S/C27H22N2O4/c30-24(19-6-8-25-20(14-19)11-13-33-25)7-9-27(31)29-26-16-22(21-10-12-32-17-21)15-23(28-26)18-4-2-1-3-5-18/h1-6,8,10,12,14-17H,7,9,11,13H2,(H,28,29,31). The minimum Gasteiger partial charge on any atom is -0.493 e. The molecule has 4 aromatic rings. The van der Waals surface area contributed by atoms with E-state index in [1.165, 1.54) is 0 Å². The van der Waals surface area contributed by atoms with Crippen LogP contribution in [0.3, 0.4) is 0 Å². The predicted molar refractivity (Wildman–Crippen MR) is 125 cm³/mol. The highest BCUT2D eigenvalue weighted by molar-refractivity contribution is 6.00. The Hall–Kier alpha value is -4.19. The fraction of sp³-hybridized carbons (Fsp3) is 0.148. The number of carbonyl (C=O) groups is 2. The van der Waals surface area contributed by atoms with Gasteiger partial charge in [0.2, 0.25) is 5.91 Å². The van der Waals surface area contributed by atoms with E-state index < -0.39 is 0 Å². The first-order valence-electron chi connectivity index (χ1n) is 10.8. The second-order valence-electron chi connectivity index (χ2n) is 7.90. The van der Waals surface area contributed by atoms with Crippen molar-refractivity contribution in [2.45, 2.75) is 19.3 Å². The van der Waals surface area contributed by atoms with Gasteiger partial charge in [-0.15, -0.1) is 0 Å². The van der Waals surface area contributed by atoms with Crippen molar-refractivity contribution in [3.8, 4) is 28.1 Å². The van der Waals surface area contributed by atoms with E-state index in [0.717, 1.165) is 40.1 Å². The molecule has 0 radical (unpaired) electrons. The summed E-state index contributed by atoms with van der Waals surface area (Å²) in [4.78, 5) is 29.9. The number of furan rings is 1. The van der Waals surface area contributed by atoms with Crippen LogP contribution in [0.2, 0.25) is 0 Å². The fourth-order valence-corrected chi connectivity index (χ4v) is 3.88. The van der Waals surface area contributed by atoms with Crippen molar-refractivity contribution in [3.05, 3.63) is 90.4 Å². The lowest BCUT2D eigenvalue weighted by Crippen LogP contribution is -2.14. The lowest BCUT2D eigenvalue weighted by atomic mass is 10.0. The number of pyridine rings is 1. The van der Waals surface area contributed by atoms with E-state index in [4.69, 9.17) is 9.15 Å². The number of nitrogens with zero attached hydrogens (tertiary/aromatic N) is 1. The number of carbonyl (C=O) groups excluding carboxylic acids is 2. The van der Waals surface area contributed by atoms with Crippen LogP contribution in [0.25, 0.3) is 22.4 Å². The summed E-state index contributed by atoms with van der Waals surface area (Å²) in [6.45, 7) is 0.644. The van der Waals surface area contributed by atoms with Crippen LogP contribution in [0.1, 0.15) is 28.8 Å². The first-order chi connectivity index (χ1) is 16.2. The molecule has 0 saturated carbocycles. The van der Waals surface area contributed by atoms with E-state index >= 15 is 0 Å². The molecule has 0 aliphatic carbocycles. The van der Waals surface area contributed by atoms with Crippen molar-refractivity contribution in [3.63, 3.8) is 0 Å². The number of ether oxygens (including phenoxy) is 1. The summed E-state index contributed by atoms with van der Waals surface area (Å²) in [5, 5.41) is 2.85. The molecule has 0 atom stereocenters. The molecule has 1 amide bonds. The number of hydrogen-bond acceptors (Lipinski definition) is 5. The fourth-order valence-electron chi connectivity index (χ4n) is 3.88. The lowest BCUT2D eigenvalue weighted by molar-refractivity contribution is -0.116. The van der Waals surface area contributed by atoms with Gasteiger partial charge in [0, 0.05) is 36.0 Å². The molecule has 6 heteroatoms. The van der Waals surface area contributed by atoms with E-state index in [2.05, 4.69) is 10.3 Å². The molecule has 0 spiro atoms. The van der Waals surface area contributed by atoms with Gasteiger partial charge in [-0.25, -0.2) is 4.98 Å². The second-order valence-corrected chi connectivity index (χ2v) is 7.90. The molecule has 3 heterocycles. The summed E-state index contributed by atoms with van der Waals surface area (Å²) in [5.74, 6) is 0.940. The monoisotopic (exact) mass is 438 g/mol. The van der Waals surface area contributed by atoms with Gasteiger partial charge in [0.1, 0.15) is 11.6 Å². The topological polar surface area (TPSA) is 81.4 Å². The molecule has 0 saturated heterocycles. The van der Waals surface area contributed by atoms with Gasteiger partial charge in [-0.05, 0) is 47.5 Å². The molecule has 2 aromatic heterocycles. The molecule has 0 unspecified atom stereocenters. The number of rotatable bonds is 7. The maximum atomic E-state index is 12.6. The largest absolute Gasteiger partial charge is 0.493 e. The highest BCUT2D eigenvalue weighted by atomic mass is 16.5. The smallest absolute Gasteiger partial charge is 0.225 e. The molecule has 33 heavy (non-hydrogen) atoms. The number of aromatic nitrogens is 1. The molecular formula is C27H22N2O4. The molecule has 2 aromatic carbocycles. The van der Waals surface area contributed by atoms with Gasteiger partial charge >= 0.3 is 0 Å². The summed E-state index contributed by atoms with van der Waals surface area (Å²) < 4.78 is 10.7. The number of anilines is 1. The highest BCUT2D eigenvalue weighted by Gasteiger charge is 2.16. The van der Waals surface area contributed by atoms with Crippen LogP contribution in [-0.2, 0) is 11.2 Å². The molecule has 0 fully saturated rings. The number of ketones is 1. The normalized spacial score (nSPS) is 12.1. The summed E-state index contributed by atoms with van der Waals surface area (Å²) in [5.41, 5.74) is 5.10. The Morgan fingerprint density at radius 2 is 1.79 bits per heavy atom. The van der Waals surface area contributed by atoms with Crippen molar-refractivity contribution in [2.75, 3.05) is 11.9 Å². The molecule has 0 bridgehead atoms. The third-order valence-electron chi connectivity index (χ3n) is 5.61. The molecular weight excluding hydrogens is 416 g/mol. The Morgan fingerprint density at radius 3 is 2.61 bits per heavy atom. The lowest BCUT2D eigenvalue weighted by Gasteiger charge is -2.10. The summed E-state index contributed by atoms with van der Waals surface area (Å²) in [7, 11) is 0. The van der Waals surface area contributed by atoms with Crippen LogP contribution in [-0.4, -0.2) is 23.3 Å². The maximum Gasteiger partial charge on any atom is 0.225 e. The Labute approximate surface area is 191 Å². The van der Waals surface area contributed by atoms with Crippen LogP contribution in [0.15, 0.2) is 83.7 Å². The third-order valence-corrected chi connectivity index (χ3v) is 5.61. The molecule has 164 valence electrons. The van der Waals surface area contributed by atoms with Gasteiger partial charge in [0.15, 0.2) is 5.78 Å². The molecule has 1 aliphatic heterocycles. The Balaban J connectivity index is 1.30. The van der Waals surface area contributed by atoms with Crippen LogP contribution in [0.5, 0.6) is 5.75 Å². The first-order valence-corrected chi connectivity index (χ1v) is 10.8. The molecule has 5 rings (SSSR count). The minimum absolute atomic E-state index is 0.0649. The number of hydrogen-bond donors (Lipinski definition) is 1. The molecule has 1 N–H and O–H groups in total. The summed E-state index contributed by atoms with van der Waals surface area (Å²) in [6.07, 6.45) is 4.26. The van der Waals surface area contributed by atoms with Gasteiger partial charge < -0.3 is 14.5 Å². The number of Topliss-reactive ketones (excluding diaryl/α,β-unsaturated/α-hetero) is 1. The zero-order valence-corrected chi connectivity index (χ0v) is 17.9. The third kappa shape index (κ3) is 4.70. The maximum absolute atomic E-state index is 12.6. The number of benzene rings is 2. The van der Waals surface area contributed by atoms with Crippen LogP contribution >= 0.6 is 0 Å². The Kier molecular flexibility index (Phi) is 5.72. The average molecular weight is 438 g/mol. The zero-order chi connectivity index (χ0) is 22.6. The van der Waals surface area contributed by atoms with E-state index in [0.29, 0.717) is 18.0 Å². The van der Waals surface area contributed by atoms with Crippen LogP contribution < -0.4 is 10.1 Å². The second kappa shape index (κ2) is 9.12. The van der Waals surface area contributed by atoms with Crippen molar-refractivity contribution in [2.24, 2.45) is 0 Å². The van der Waals surface area contributed by atoms with Gasteiger partial charge in [0.25, 0.3) is 0 Å². The van der Waals surface area contributed by atoms with E-state index in [-0.39, 0.29) is 24.5 Å². The van der Waals surface area contributed by atoms with Gasteiger partial charge in [-0.1, -0.05) is 30.3 Å². The van der Waals surface area contributed by atoms with Gasteiger partial charge in [-0.3, -0.25) is 9.59 Å². The van der Waals surface area contributed by atoms with E-state index in [9.17, 15) is 9.59 Å². The highest BCUT2D eigenvalue weighted by Crippen LogP contribution is 2.29. The predicted octanol–water partition coefficient (Wildman–Crippen LogP) is 5.55. The Morgan fingerprint density at radius 1 is 0.909 bits per heavy atom. The SMILES string of the molecule is O=C(CCC(=O)c1ccc2c(c1)CCO2)Nc1cc(-c2ccoc2)cc(-c2ccccc2)n1. The molecule has 6 nitrogen and oxygen atoms in total. The summed E-state index contributed by atoms with van der Waals surface area (Å²) in [6, 6.07) is 20.8. The minimum atomic E-state index is -0.260. The zero-order valence-electron chi connectivity index (χ0n) is 17.9. The van der Waals surface area contributed by atoms with Crippen molar-refractivity contribution in [1.29, 1.82) is 0 Å². The van der Waals surface area contributed by atoms with Crippen LogP contribution in [0.4, 0.5) is 5.82 Å². The van der Waals surface area contributed by atoms with E-state index in [1.807, 2.05) is 54.6 Å². The van der Waals surface area contributed by atoms with Gasteiger partial charge in [0.05, 0.1) is 24.8 Å². The number of amides is 1. The number of fused-ring (bicyclic) bond motifs is 1. The van der Waals surface area contributed by atoms with Crippen molar-refractivity contribution < 1.29 is 18.7 Å². The summed E-state index contributed by atoms with van der Waals surface area (Å²) >= 11 is 0.